The summed E-state index contributed by atoms with van der Waals surface area (Å²) in [5.74, 6) is -0.593. The second-order valence-corrected chi connectivity index (χ2v) is 3.72. The predicted molar refractivity (Wildman–Crippen MR) is 60.6 cm³/mol. The minimum Gasteiger partial charge on any atom is -0.467 e. The van der Waals surface area contributed by atoms with Crippen molar-refractivity contribution in [2.24, 2.45) is 0 Å². The van der Waals surface area contributed by atoms with Crippen molar-refractivity contribution in [2.45, 2.75) is 13.1 Å². The van der Waals surface area contributed by atoms with Gasteiger partial charge in [-0.05, 0) is 13.0 Å². The highest BCUT2D eigenvalue weighted by Gasteiger charge is 2.27. The summed E-state index contributed by atoms with van der Waals surface area (Å²) in [5.41, 5.74) is -0.423. The Morgan fingerprint density at radius 2 is 2.05 bits per heavy atom. The fraction of sp³-hybridized carbons (Fsp3) is 0.364. The van der Waals surface area contributed by atoms with Gasteiger partial charge < -0.3 is 9.47 Å². The average Bonchev–Trinajstić information content (AvgIpc) is 2.33. The Morgan fingerprint density at radius 3 is 2.55 bits per heavy atom. The van der Waals surface area contributed by atoms with Crippen molar-refractivity contribution in [3.63, 3.8) is 0 Å². The van der Waals surface area contributed by atoms with Gasteiger partial charge in [-0.25, -0.2) is 0 Å². The Kier molecular flexibility index (Phi) is 5.03. The first kappa shape index (κ1) is 15.9. The molecule has 110 valence electrons. The number of non-ortho nitro benzene ring substituents is 1. The summed E-state index contributed by atoms with van der Waals surface area (Å²) in [6.07, 6.45) is -4.48. The van der Waals surface area contributed by atoms with Crippen molar-refractivity contribution in [3.8, 4) is 5.75 Å². The highest BCUT2D eigenvalue weighted by Crippen LogP contribution is 2.25. The number of carbonyl (C=O) groups excluding carboxylic acids is 1. The van der Waals surface area contributed by atoms with Gasteiger partial charge in [0.2, 0.25) is 0 Å². The number of alkyl halides is 3. The third kappa shape index (κ3) is 4.84. The van der Waals surface area contributed by atoms with E-state index in [1.54, 1.807) is 0 Å². The first-order valence-electron chi connectivity index (χ1n) is 5.27. The molecule has 0 aliphatic heterocycles. The molecule has 0 saturated carbocycles. The third-order valence-corrected chi connectivity index (χ3v) is 2.12. The number of Topliss-reactive ketones (excluding diaryl/α,β-unsaturated/α-hetero) is 1. The van der Waals surface area contributed by atoms with Crippen LogP contribution in [0.5, 0.6) is 5.75 Å². The number of hydrogen-bond acceptors (Lipinski definition) is 5. The fourth-order valence-corrected chi connectivity index (χ4v) is 1.30. The lowest BCUT2D eigenvalue weighted by molar-refractivity contribution is -0.384. The van der Waals surface area contributed by atoms with Gasteiger partial charge in [0.05, 0.1) is 10.5 Å². The van der Waals surface area contributed by atoms with Crippen molar-refractivity contribution in [3.05, 3.63) is 33.9 Å². The van der Waals surface area contributed by atoms with Crippen molar-refractivity contribution in [1.29, 1.82) is 0 Å². The zero-order valence-corrected chi connectivity index (χ0v) is 10.3. The molecule has 0 amide bonds. The largest absolute Gasteiger partial charge is 0.467 e. The minimum absolute atomic E-state index is 0.0784. The lowest BCUT2D eigenvalue weighted by Gasteiger charge is -2.11. The number of benzene rings is 1. The van der Waals surface area contributed by atoms with E-state index in [9.17, 15) is 28.1 Å². The zero-order chi connectivity index (χ0) is 15.3. The summed E-state index contributed by atoms with van der Waals surface area (Å²) < 4.78 is 44.5. The third-order valence-electron chi connectivity index (χ3n) is 2.12. The topological polar surface area (TPSA) is 78.7 Å². The number of nitro benzene ring substituents is 1. The molecule has 1 aromatic rings. The van der Waals surface area contributed by atoms with Crippen LogP contribution in [0.2, 0.25) is 0 Å². The van der Waals surface area contributed by atoms with Gasteiger partial charge in [-0.15, -0.1) is 0 Å². The quantitative estimate of drug-likeness (QED) is 0.265. The van der Waals surface area contributed by atoms with Gasteiger partial charge in [0.25, 0.3) is 5.69 Å². The Labute approximate surface area is 111 Å². The van der Waals surface area contributed by atoms with E-state index in [0.29, 0.717) is 0 Å². The molecular formula is C11H10F3NO5. The van der Waals surface area contributed by atoms with Crippen LogP contribution in [0, 0.1) is 10.1 Å². The molecule has 0 aliphatic rings. The fourth-order valence-electron chi connectivity index (χ4n) is 1.30. The van der Waals surface area contributed by atoms with Crippen LogP contribution in [0.1, 0.15) is 17.3 Å². The van der Waals surface area contributed by atoms with Crippen LogP contribution in [-0.4, -0.2) is 30.3 Å². The van der Waals surface area contributed by atoms with Crippen LogP contribution in [0.15, 0.2) is 18.2 Å². The number of nitro groups is 1. The highest BCUT2D eigenvalue weighted by atomic mass is 19.4. The van der Waals surface area contributed by atoms with Gasteiger partial charge in [0.1, 0.15) is 12.4 Å². The Hall–Kier alpha value is -2.16. The second kappa shape index (κ2) is 6.33. The number of carbonyl (C=O) groups is 1. The van der Waals surface area contributed by atoms with E-state index >= 15 is 0 Å². The maximum absolute atomic E-state index is 11.8. The Balaban J connectivity index is 2.75. The van der Waals surface area contributed by atoms with E-state index in [1.807, 2.05) is 0 Å². The van der Waals surface area contributed by atoms with E-state index in [0.717, 1.165) is 25.1 Å². The number of halogens is 3. The summed E-state index contributed by atoms with van der Waals surface area (Å²) in [7, 11) is 0. The van der Waals surface area contributed by atoms with E-state index in [-0.39, 0.29) is 17.0 Å². The average molecular weight is 293 g/mol. The molecule has 0 saturated heterocycles. The van der Waals surface area contributed by atoms with Crippen LogP contribution in [-0.2, 0) is 4.74 Å². The molecular weight excluding hydrogens is 283 g/mol. The zero-order valence-electron chi connectivity index (χ0n) is 10.3. The molecule has 0 radical (unpaired) electrons. The molecule has 9 heteroatoms. The van der Waals surface area contributed by atoms with Crippen molar-refractivity contribution in [1.82, 2.24) is 0 Å². The molecule has 1 rings (SSSR count). The molecule has 0 unspecified atom stereocenters. The standard InChI is InChI=1S/C11H10F3NO5/c1-7(16)9-4-8(15(17)18)2-3-10(9)20-6-19-5-11(12,13)14/h2-4H,5-6H2,1H3. The molecule has 0 fully saturated rings. The first-order valence-corrected chi connectivity index (χ1v) is 5.27. The summed E-state index contributed by atoms with van der Waals surface area (Å²) in [6, 6.07) is 3.19. The van der Waals surface area contributed by atoms with Gasteiger partial charge in [-0.1, -0.05) is 0 Å². The van der Waals surface area contributed by atoms with E-state index in [1.165, 1.54) is 0 Å². The van der Waals surface area contributed by atoms with Crippen LogP contribution in [0.4, 0.5) is 18.9 Å². The molecule has 0 atom stereocenters. The Morgan fingerprint density at radius 1 is 1.40 bits per heavy atom. The number of rotatable bonds is 6. The van der Waals surface area contributed by atoms with Gasteiger partial charge in [-0.3, -0.25) is 14.9 Å². The molecule has 0 bridgehead atoms. The molecule has 0 spiro atoms. The van der Waals surface area contributed by atoms with Gasteiger partial charge in [-0.2, -0.15) is 13.2 Å². The maximum atomic E-state index is 11.8. The molecule has 0 heterocycles. The number of ether oxygens (including phenoxy) is 2. The summed E-state index contributed by atoms with van der Waals surface area (Å²) in [6.45, 7) is -1.06. The number of nitrogens with zero attached hydrogens (tertiary/aromatic N) is 1. The monoisotopic (exact) mass is 293 g/mol. The summed E-state index contributed by atoms with van der Waals surface area (Å²) >= 11 is 0. The van der Waals surface area contributed by atoms with Crippen LogP contribution >= 0.6 is 0 Å². The Bertz CT molecular complexity index is 515. The van der Waals surface area contributed by atoms with Crippen LogP contribution < -0.4 is 4.74 Å². The van der Waals surface area contributed by atoms with Crippen molar-refractivity contribution >= 4 is 11.5 Å². The van der Waals surface area contributed by atoms with Gasteiger partial charge in [0, 0.05) is 12.1 Å². The second-order valence-electron chi connectivity index (χ2n) is 3.72. The van der Waals surface area contributed by atoms with E-state index < -0.39 is 30.3 Å². The van der Waals surface area contributed by atoms with E-state index in [2.05, 4.69) is 4.74 Å². The molecule has 0 aliphatic carbocycles. The minimum atomic E-state index is -4.48. The molecule has 20 heavy (non-hydrogen) atoms. The molecule has 6 nitrogen and oxygen atoms in total. The molecule has 0 aromatic heterocycles. The predicted octanol–water partition coefficient (Wildman–Crippen LogP) is 2.71. The van der Waals surface area contributed by atoms with E-state index in [4.69, 9.17) is 4.74 Å². The highest BCUT2D eigenvalue weighted by molar-refractivity contribution is 5.97. The summed E-state index contributed by atoms with van der Waals surface area (Å²) in [5, 5.41) is 10.6. The van der Waals surface area contributed by atoms with Crippen molar-refractivity contribution < 1.29 is 32.4 Å². The SMILES string of the molecule is CC(=O)c1cc([N+](=O)[O-])ccc1OCOCC(F)(F)F. The summed E-state index contributed by atoms with van der Waals surface area (Å²) in [4.78, 5) is 21.2. The first-order chi connectivity index (χ1) is 9.20. The van der Waals surface area contributed by atoms with Crippen LogP contribution in [0.25, 0.3) is 0 Å². The smallest absolute Gasteiger partial charge is 0.411 e. The molecule has 1 aromatic carbocycles. The van der Waals surface area contributed by atoms with Gasteiger partial charge in [0.15, 0.2) is 12.6 Å². The number of hydrogen-bond donors (Lipinski definition) is 0. The maximum Gasteiger partial charge on any atom is 0.411 e. The van der Waals surface area contributed by atoms with Gasteiger partial charge >= 0.3 is 6.18 Å². The van der Waals surface area contributed by atoms with Crippen LogP contribution in [0.3, 0.4) is 0 Å². The van der Waals surface area contributed by atoms with Crippen molar-refractivity contribution in [2.75, 3.05) is 13.4 Å². The molecule has 0 N–H and O–H groups in total. The lowest BCUT2D eigenvalue weighted by Crippen LogP contribution is -2.19. The number of ketones is 1. The normalized spacial score (nSPS) is 11.2. The lowest BCUT2D eigenvalue weighted by atomic mass is 10.1.